The number of aromatic nitrogens is 2. The van der Waals surface area contributed by atoms with Gasteiger partial charge in [-0.25, -0.2) is 0 Å². The van der Waals surface area contributed by atoms with E-state index in [0.29, 0.717) is 6.04 Å². The maximum atomic E-state index is 6.21. The highest BCUT2D eigenvalue weighted by Gasteiger charge is 2.51. The van der Waals surface area contributed by atoms with Crippen LogP contribution in [-0.2, 0) is 9.31 Å². The number of rotatable bonds is 5. The Labute approximate surface area is 211 Å². The fraction of sp³-hybridized carbons (Fsp3) is 0.630. The summed E-state index contributed by atoms with van der Waals surface area (Å²) >= 11 is 0. The van der Waals surface area contributed by atoms with E-state index in [-0.39, 0.29) is 11.1 Å². The van der Waals surface area contributed by atoms with Gasteiger partial charge in [0.1, 0.15) is 5.75 Å². The summed E-state index contributed by atoms with van der Waals surface area (Å²) in [7, 11) is 3.35. The fourth-order valence-corrected chi connectivity index (χ4v) is 5.43. The smallest absolute Gasteiger partial charge is 0.494 e. The number of nitrogens with zero attached hydrogens (tertiary/aromatic N) is 3. The number of hydrogen-bond acceptors (Lipinski definition) is 7. The van der Waals surface area contributed by atoms with Gasteiger partial charge in [-0.05, 0) is 98.0 Å². The average Bonchev–Trinajstić information content (AvgIpc) is 2.97. The maximum Gasteiger partial charge on any atom is 0.494 e. The third-order valence-electron chi connectivity index (χ3n) is 7.76. The van der Waals surface area contributed by atoms with E-state index in [9.17, 15) is 0 Å². The van der Waals surface area contributed by atoms with Gasteiger partial charge in [-0.3, -0.25) is 0 Å². The van der Waals surface area contributed by atoms with Crippen molar-refractivity contribution in [2.24, 2.45) is 0 Å². The van der Waals surface area contributed by atoms with Crippen molar-refractivity contribution in [3.8, 4) is 17.0 Å². The summed E-state index contributed by atoms with van der Waals surface area (Å²) in [4.78, 5) is 2.26. The summed E-state index contributed by atoms with van der Waals surface area (Å²) in [5.41, 5.74) is 1.93. The lowest BCUT2D eigenvalue weighted by molar-refractivity contribution is 0.00578. The molecule has 2 fully saturated rings. The number of hydrogen-bond donors (Lipinski definition) is 1. The molecule has 190 valence electrons. The Morgan fingerprint density at radius 3 is 2.03 bits per heavy atom. The molecule has 7 nitrogen and oxygen atoms in total. The Morgan fingerprint density at radius 1 is 0.914 bits per heavy atom. The lowest BCUT2D eigenvalue weighted by atomic mass is 9.78. The van der Waals surface area contributed by atoms with Crippen molar-refractivity contribution in [3.63, 3.8) is 0 Å². The standard InChI is InChI=1S/C27H41BN4O3/c1-24(2)16-19(17-25(3,4)31-24)32(9)23-14-13-21(29-30-23)20-12-11-18(15-22(20)33-10)28-34-26(5,6)27(7,8)35-28/h11-15,19,31H,16-17H2,1-10H3. The number of ether oxygens (including phenoxy) is 1. The zero-order chi connectivity index (χ0) is 25.8. The molecule has 0 amide bonds. The average molecular weight is 480 g/mol. The van der Waals surface area contributed by atoms with Crippen LogP contribution < -0.4 is 20.4 Å². The van der Waals surface area contributed by atoms with Gasteiger partial charge in [-0.15, -0.1) is 10.2 Å². The molecular formula is C27H41BN4O3. The number of anilines is 1. The maximum absolute atomic E-state index is 6.21. The number of methoxy groups -OCH3 is 1. The van der Waals surface area contributed by atoms with Crippen LogP contribution in [0.4, 0.5) is 5.82 Å². The molecule has 1 aromatic carbocycles. The number of piperidine rings is 1. The van der Waals surface area contributed by atoms with Gasteiger partial charge < -0.3 is 24.3 Å². The Hall–Kier alpha value is -2.16. The second-order valence-corrected chi connectivity index (χ2v) is 12.4. The molecule has 35 heavy (non-hydrogen) atoms. The molecule has 1 N–H and O–H groups in total. The van der Waals surface area contributed by atoms with Crippen LogP contribution in [0.15, 0.2) is 30.3 Å². The van der Waals surface area contributed by atoms with E-state index in [4.69, 9.17) is 14.0 Å². The molecule has 0 unspecified atom stereocenters. The highest BCUT2D eigenvalue weighted by Crippen LogP contribution is 2.37. The van der Waals surface area contributed by atoms with Crippen LogP contribution in [0.5, 0.6) is 5.75 Å². The van der Waals surface area contributed by atoms with Crippen molar-refractivity contribution in [1.29, 1.82) is 0 Å². The number of benzene rings is 1. The highest BCUT2D eigenvalue weighted by molar-refractivity contribution is 6.62. The second-order valence-electron chi connectivity index (χ2n) is 12.4. The van der Waals surface area contributed by atoms with Gasteiger partial charge in [-0.1, -0.05) is 6.07 Å². The Kier molecular flexibility index (Phi) is 6.48. The van der Waals surface area contributed by atoms with E-state index in [0.717, 1.165) is 41.1 Å². The van der Waals surface area contributed by atoms with Gasteiger partial charge in [0.25, 0.3) is 0 Å². The van der Waals surface area contributed by atoms with Gasteiger partial charge in [-0.2, -0.15) is 0 Å². The summed E-state index contributed by atoms with van der Waals surface area (Å²) in [6, 6.07) is 10.4. The van der Waals surface area contributed by atoms with Crippen LogP contribution in [0, 0.1) is 0 Å². The predicted molar refractivity (Wildman–Crippen MR) is 142 cm³/mol. The Balaban J connectivity index is 1.54. The number of nitrogens with one attached hydrogen (secondary N) is 1. The van der Waals surface area contributed by atoms with Crippen molar-refractivity contribution in [3.05, 3.63) is 30.3 Å². The van der Waals surface area contributed by atoms with E-state index in [1.807, 2.05) is 30.3 Å². The third kappa shape index (κ3) is 5.20. The first kappa shape index (κ1) is 25.9. The molecule has 0 atom stereocenters. The third-order valence-corrected chi connectivity index (χ3v) is 7.76. The van der Waals surface area contributed by atoms with E-state index in [1.54, 1.807) is 7.11 Å². The Bertz CT molecular complexity index is 1040. The molecule has 2 aliphatic rings. The van der Waals surface area contributed by atoms with Crippen LogP contribution in [0.3, 0.4) is 0 Å². The van der Waals surface area contributed by atoms with Crippen molar-refractivity contribution < 1.29 is 14.0 Å². The zero-order valence-corrected chi connectivity index (χ0v) is 23.0. The highest BCUT2D eigenvalue weighted by atomic mass is 16.7. The summed E-state index contributed by atoms with van der Waals surface area (Å²) < 4.78 is 18.1. The molecule has 0 spiro atoms. The van der Waals surface area contributed by atoms with E-state index in [1.165, 1.54) is 0 Å². The lowest BCUT2D eigenvalue weighted by Crippen LogP contribution is -2.62. The molecule has 0 aliphatic carbocycles. The first-order chi connectivity index (χ1) is 16.1. The van der Waals surface area contributed by atoms with Crippen LogP contribution in [0.1, 0.15) is 68.2 Å². The van der Waals surface area contributed by atoms with Crippen LogP contribution >= 0.6 is 0 Å². The molecule has 3 heterocycles. The SMILES string of the molecule is COc1cc(B2OC(C)(C)C(C)(C)O2)ccc1-c1ccc(N(C)C2CC(C)(C)NC(C)(C)C2)nn1. The first-order valence-corrected chi connectivity index (χ1v) is 12.5. The van der Waals surface area contributed by atoms with E-state index >= 15 is 0 Å². The van der Waals surface area contributed by atoms with Crippen molar-refractivity contribution in [2.75, 3.05) is 19.1 Å². The molecule has 4 rings (SSSR count). The molecule has 8 heteroatoms. The van der Waals surface area contributed by atoms with Crippen molar-refractivity contribution in [1.82, 2.24) is 15.5 Å². The summed E-state index contributed by atoms with van der Waals surface area (Å²) in [5.74, 6) is 1.59. The quantitative estimate of drug-likeness (QED) is 0.644. The molecular weight excluding hydrogens is 439 g/mol. The Morgan fingerprint density at radius 2 is 1.51 bits per heavy atom. The lowest BCUT2D eigenvalue weighted by Gasteiger charge is -2.49. The monoisotopic (exact) mass is 480 g/mol. The van der Waals surface area contributed by atoms with Gasteiger partial charge >= 0.3 is 7.12 Å². The first-order valence-electron chi connectivity index (χ1n) is 12.5. The molecule has 2 saturated heterocycles. The predicted octanol–water partition coefficient (Wildman–Crippen LogP) is 4.20. The van der Waals surface area contributed by atoms with Gasteiger partial charge in [0, 0.05) is 29.7 Å². The van der Waals surface area contributed by atoms with Gasteiger partial charge in [0.2, 0.25) is 0 Å². The van der Waals surface area contributed by atoms with Crippen LogP contribution in [-0.4, -0.2) is 59.8 Å². The van der Waals surface area contributed by atoms with Crippen molar-refractivity contribution in [2.45, 2.75) is 96.6 Å². The molecule has 1 aromatic heterocycles. The van der Waals surface area contributed by atoms with Crippen molar-refractivity contribution >= 4 is 18.4 Å². The summed E-state index contributed by atoms with van der Waals surface area (Å²) in [6.45, 7) is 17.3. The van der Waals surface area contributed by atoms with Gasteiger partial charge in [0.15, 0.2) is 5.82 Å². The second kappa shape index (κ2) is 8.75. The molecule has 0 radical (unpaired) electrons. The van der Waals surface area contributed by atoms with E-state index in [2.05, 4.69) is 82.9 Å². The molecule has 2 aliphatic heterocycles. The minimum atomic E-state index is -0.441. The largest absolute Gasteiger partial charge is 0.496 e. The zero-order valence-electron chi connectivity index (χ0n) is 23.0. The molecule has 0 bridgehead atoms. The molecule has 0 saturated carbocycles. The van der Waals surface area contributed by atoms with Crippen LogP contribution in [0.25, 0.3) is 11.3 Å². The van der Waals surface area contributed by atoms with Crippen LogP contribution in [0.2, 0.25) is 0 Å². The summed E-state index contributed by atoms with van der Waals surface area (Å²) in [6.07, 6.45) is 2.09. The summed E-state index contributed by atoms with van der Waals surface area (Å²) in [5, 5.41) is 12.9. The normalized spacial score (nSPS) is 22.7. The molecule has 2 aromatic rings. The van der Waals surface area contributed by atoms with E-state index < -0.39 is 18.3 Å². The van der Waals surface area contributed by atoms with Gasteiger partial charge in [0.05, 0.1) is 24.0 Å². The minimum Gasteiger partial charge on any atom is -0.496 e. The topological polar surface area (TPSA) is 68.7 Å². The fourth-order valence-electron chi connectivity index (χ4n) is 5.43. The minimum absolute atomic E-state index is 0.0698.